The van der Waals surface area contributed by atoms with Crippen molar-refractivity contribution >= 4 is 27.3 Å². The smallest absolute Gasteiger partial charge is 0.389 e. The Morgan fingerprint density at radius 2 is 1.80 bits per heavy atom. The van der Waals surface area contributed by atoms with E-state index in [1.807, 2.05) is 0 Å². The summed E-state index contributed by atoms with van der Waals surface area (Å²) in [6.07, 6.45) is 2.15. The molecule has 1 unspecified atom stereocenters. The molecule has 8 nitrogen and oxygen atoms in total. The Morgan fingerprint density at radius 3 is 2.41 bits per heavy atom. The fourth-order valence-corrected chi connectivity index (χ4v) is 7.72. The number of rotatable bonds is 9. The monoisotopic (exact) mass is 617 g/mol. The number of nitrogens with one attached hydrogen (secondary N) is 2. The van der Waals surface area contributed by atoms with Gasteiger partial charge in [0.2, 0.25) is 10.0 Å². The minimum absolute atomic E-state index is 0.0643. The lowest BCUT2D eigenvalue weighted by Gasteiger charge is -2.27. The van der Waals surface area contributed by atoms with E-state index in [4.69, 9.17) is 4.74 Å². The van der Waals surface area contributed by atoms with Crippen LogP contribution in [0.3, 0.4) is 0 Å². The van der Waals surface area contributed by atoms with Gasteiger partial charge in [0.05, 0.1) is 26.6 Å². The highest BCUT2D eigenvalue weighted by Gasteiger charge is 2.39. The number of ether oxygens (including phenoxy) is 1. The van der Waals surface area contributed by atoms with Gasteiger partial charge < -0.3 is 15.2 Å². The number of hydrogen-bond donors (Lipinski definition) is 3. The zero-order valence-corrected chi connectivity index (χ0v) is 25.1. The molecule has 2 aromatic rings. The van der Waals surface area contributed by atoms with Crippen LogP contribution in [0.2, 0.25) is 0 Å². The van der Waals surface area contributed by atoms with Gasteiger partial charge in [-0.1, -0.05) is 38.2 Å². The number of carbonyl (C=O) groups is 1. The third kappa shape index (κ3) is 8.07. The zero-order valence-electron chi connectivity index (χ0n) is 23.5. The Labute approximate surface area is 243 Å². The molecule has 2 fully saturated rings. The maximum Gasteiger partial charge on any atom is 0.417 e. The fourth-order valence-electron chi connectivity index (χ4n) is 5.13. The van der Waals surface area contributed by atoms with E-state index < -0.39 is 38.3 Å². The quantitative estimate of drug-likeness (QED) is 0.352. The number of amides is 1. The summed E-state index contributed by atoms with van der Waals surface area (Å²) < 4.78 is 76.4. The Bertz CT molecular complexity index is 1330. The average Bonchev–Trinajstić information content (AvgIpc) is 3.32. The zero-order chi connectivity index (χ0) is 30.0. The highest BCUT2D eigenvalue weighted by molar-refractivity contribution is 7.89. The first-order valence-corrected chi connectivity index (χ1v) is 16.3. The van der Waals surface area contributed by atoms with Crippen LogP contribution in [0.15, 0.2) is 23.1 Å². The number of alkyl halides is 3. The molecule has 0 spiro atoms. The van der Waals surface area contributed by atoms with Crippen LogP contribution in [0.25, 0.3) is 10.4 Å². The van der Waals surface area contributed by atoms with Crippen molar-refractivity contribution < 1.29 is 36.2 Å². The molecule has 1 amide bonds. The highest BCUT2D eigenvalue weighted by Crippen LogP contribution is 2.40. The lowest BCUT2D eigenvalue weighted by Crippen LogP contribution is -2.47. The summed E-state index contributed by atoms with van der Waals surface area (Å²) in [7, 11) is -4.63. The molecule has 1 atom stereocenters. The van der Waals surface area contributed by atoms with Crippen LogP contribution in [0, 0.1) is 5.92 Å². The molecule has 228 valence electrons. The van der Waals surface area contributed by atoms with Crippen molar-refractivity contribution in [3.8, 4) is 10.4 Å². The molecule has 1 saturated heterocycles. The number of thiazole rings is 1. The topological polar surface area (TPSA) is 118 Å². The number of nitrogens with zero attached hydrogens (tertiary/aromatic N) is 1. The normalized spacial score (nSPS) is 18.8. The summed E-state index contributed by atoms with van der Waals surface area (Å²) in [5, 5.41) is 13.3. The van der Waals surface area contributed by atoms with Crippen LogP contribution in [-0.2, 0) is 27.4 Å². The number of aliphatic hydroxyl groups is 1. The van der Waals surface area contributed by atoms with Crippen molar-refractivity contribution in [2.24, 2.45) is 5.92 Å². The summed E-state index contributed by atoms with van der Waals surface area (Å²) in [5.74, 6) is -0.0663. The van der Waals surface area contributed by atoms with E-state index in [9.17, 15) is 31.5 Å². The molecule has 4 rings (SSSR count). The van der Waals surface area contributed by atoms with E-state index in [0.29, 0.717) is 49.0 Å². The molecule has 2 aliphatic rings. The second-order valence-corrected chi connectivity index (χ2v) is 14.2. The van der Waals surface area contributed by atoms with E-state index in [0.717, 1.165) is 55.6 Å². The summed E-state index contributed by atoms with van der Waals surface area (Å²) in [5.41, 5.74) is -2.11. The molecular formula is C28H38F3N3O5S2. The maximum atomic E-state index is 14.3. The number of carbonyl (C=O) groups excluding carboxylic acids is 1. The molecule has 3 N–H and O–H groups in total. The lowest BCUT2D eigenvalue weighted by atomic mass is 9.85. The first-order chi connectivity index (χ1) is 19.1. The Morgan fingerprint density at radius 1 is 1.15 bits per heavy atom. The van der Waals surface area contributed by atoms with Crippen LogP contribution in [0.5, 0.6) is 0 Å². The minimum atomic E-state index is -4.98. The predicted molar refractivity (Wildman–Crippen MR) is 150 cm³/mol. The van der Waals surface area contributed by atoms with E-state index in [1.165, 1.54) is 26.8 Å². The molecule has 41 heavy (non-hydrogen) atoms. The fraction of sp³-hybridized carbons (Fsp3) is 0.643. The van der Waals surface area contributed by atoms with Gasteiger partial charge in [-0.15, -0.1) is 11.3 Å². The van der Waals surface area contributed by atoms with Gasteiger partial charge in [-0.05, 0) is 63.6 Å². The molecule has 1 aromatic carbocycles. The number of hydrogen-bond acceptors (Lipinski definition) is 7. The third-order valence-electron chi connectivity index (χ3n) is 7.88. The molecule has 1 aliphatic carbocycles. The maximum absolute atomic E-state index is 14.3. The molecular weight excluding hydrogens is 579 g/mol. The molecule has 13 heteroatoms. The van der Waals surface area contributed by atoms with Gasteiger partial charge in [0.25, 0.3) is 5.91 Å². The molecule has 2 heterocycles. The Balaban J connectivity index is 1.73. The number of halogens is 3. The number of aromatic nitrogens is 1. The van der Waals surface area contributed by atoms with E-state index >= 15 is 0 Å². The van der Waals surface area contributed by atoms with Crippen LogP contribution < -0.4 is 10.0 Å². The van der Waals surface area contributed by atoms with Crippen molar-refractivity contribution in [2.75, 3.05) is 13.2 Å². The van der Waals surface area contributed by atoms with E-state index in [1.54, 1.807) is 0 Å². The average molecular weight is 618 g/mol. The van der Waals surface area contributed by atoms with E-state index in [-0.39, 0.29) is 22.5 Å². The van der Waals surface area contributed by atoms with Crippen molar-refractivity contribution in [3.05, 3.63) is 34.5 Å². The Hall–Kier alpha value is -2.06. The van der Waals surface area contributed by atoms with Gasteiger partial charge in [0.15, 0.2) is 5.01 Å². The second kappa shape index (κ2) is 12.7. The van der Waals surface area contributed by atoms with Gasteiger partial charge in [-0.2, -0.15) is 13.2 Å². The van der Waals surface area contributed by atoms with Crippen LogP contribution in [0.4, 0.5) is 13.2 Å². The SMILES string of the molecule is CC(NS(=O)(=O)c1ccc(-c2sc(C(=O)NC3CCOCC3)nc2CC2CCCCC2)cc1C(F)(F)F)C(C)(C)O. The van der Waals surface area contributed by atoms with Crippen molar-refractivity contribution in [1.29, 1.82) is 0 Å². The first kappa shape index (κ1) is 31.9. The molecule has 1 aliphatic heterocycles. The van der Waals surface area contributed by atoms with Gasteiger partial charge in [0, 0.05) is 25.3 Å². The standard InChI is InChI=1S/C28H38F3N3O5S2/c1-17(27(2,3)36)34-41(37,38)23-10-9-19(16-21(23)28(29,30)31)24-22(15-18-7-5-4-6-8-18)33-26(40-24)25(35)32-20-11-13-39-14-12-20/h9-10,16-18,20,34,36H,4-8,11-15H2,1-3H3,(H,32,35). The van der Waals surface area contributed by atoms with Crippen molar-refractivity contribution in [3.63, 3.8) is 0 Å². The number of benzene rings is 1. The van der Waals surface area contributed by atoms with Crippen molar-refractivity contribution in [1.82, 2.24) is 15.0 Å². The minimum Gasteiger partial charge on any atom is -0.389 e. The van der Waals surface area contributed by atoms with Gasteiger partial charge >= 0.3 is 6.18 Å². The second-order valence-electron chi connectivity index (χ2n) is 11.6. The van der Waals surface area contributed by atoms with Gasteiger partial charge in [0.1, 0.15) is 0 Å². The molecule has 0 bridgehead atoms. The van der Waals surface area contributed by atoms with Crippen LogP contribution in [0.1, 0.15) is 86.8 Å². The lowest BCUT2D eigenvalue weighted by molar-refractivity contribution is -0.139. The third-order valence-corrected chi connectivity index (χ3v) is 10.6. The van der Waals surface area contributed by atoms with E-state index in [2.05, 4.69) is 15.0 Å². The van der Waals surface area contributed by atoms with Gasteiger partial charge in [-0.25, -0.2) is 18.1 Å². The summed E-state index contributed by atoms with van der Waals surface area (Å²) >= 11 is 1.02. The molecule has 1 saturated carbocycles. The number of sulfonamides is 1. The van der Waals surface area contributed by atoms with Crippen molar-refractivity contribution in [2.45, 2.75) is 101 Å². The Kier molecular flexibility index (Phi) is 9.84. The molecule has 1 aromatic heterocycles. The summed E-state index contributed by atoms with van der Waals surface area (Å²) in [6.45, 7) is 5.18. The highest BCUT2D eigenvalue weighted by atomic mass is 32.2. The first-order valence-electron chi connectivity index (χ1n) is 14.0. The summed E-state index contributed by atoms with van der Waals surface area (Å²) in [4.78, 5) is 17.2. The van der Waals surface area contributed by atoms with Crippen LogP contribution in [-0.4, -0.2) is 55.3 Å². The summed E-state index contributed by atoms with van der Waals surface area (Å²) in [6, 6.07) is 1.97. The largest absolute Gasteiger partial charge is 0.417 e. The van der Waals surface area contributed by atoms with Crippen LogP contribution >= 0.6 is 11.3 Å². The van der Waals surface area contributed by atoms with Gasteiger partial charge in [-0.3, -0.25) is 4.79 Å². The molecule has 0 radical (unpaired) electrons. The predicted octanol–water partition coefficient (Wildman–Crippen LogP) is 5.30.